The SMILES string of the molecule is Br[Si](Oc1ccccc1)(Oc1ccccc1)c1ccccc1. The van der Waals surface area contributed by atoms with E-state index in [0.717, 1.165) is 16.7 Å². The van der Waals surface area contributed by atoms with Crippen LogP contribution in [0.4, 0.5) is 0 Å². The normalized spacial score (nSPS) is 11.0. The molecule has 4 heteroatoms. The average molecular weight is 371 g/mol. The summed E-state index contributed by atoms with van der Waals surface area (Å²) in [6.07, 6.45) is 0. The molecule has 0 aliphatic rings. The third-order valence-corrected chi connectivity index (χ3v) is 7.47. The average Bonchev–Trinajstić information content (AvgIpc) is 2.57. The number of rotatable bonds is 5. The van der Waals surface area contributed by atoms with Gasteiger partial charge < -0.3 is 8.85 Å². The Hall–Kier alpha value is -2.04. The van der Waals surface area contributed by atoms with Crippen molar-refractivity contribution in [3.8, 4) is 11.5 Å². The molecule has 3 aromatic rings. The number of para-hydroxylation sites is 2. The van der Waals surface area contributed by atoms with Gasteiger partial charge in [-0.25, -0.2) is 0 Å². The van der Waals surface area contributed by atoms with Gasteiger partial charge in [0.1, 0.15) is 11.5 Å². The molecule has 0 unspecified atom stereocenters. The quantitative estimate of drug-likeness (QED) is 0.489. The molecule has 22 heavy (non-hydrogen) atoms. The van der Waals surface area contributed by atoms with Gasteiger partial charge in [0.25, 0.3) is 0 Å². The lowest BCUT2D eigenvalue weighted by Gasteiger charge is -2.26. The fourth-order valence-electron chi connectivity index (χ4n) is 2.06. The van der Waals surface area contributed by atoms with Crippen LogP contribution in [-0.4, -0.2) is 7.18 Å². The lowest BCUT2D eigenvalue weighted by Crippen LogP contribution is -2.53. The Morgan fingerprint density at radius 2 is 0.909 bits per heavy atom. The van der Waals surface area contributed by atoms with Gasteiger partial charge >= 0.3 is 7.18 Å². The first-order chi connectivity index (χ1) is 10.8. The highest BCUT2D eigenvalue weighted by Gasteiger charge is 2.42. The van der Waals surface area contributed by atoms with E-state index < -0.39 is 7.18 Å². The van der Waals surface area contributed by atoms with Crippen LogP contribution in [0.5, 0.6) is 11.5 Å². The molecule has 0 atom stereocenters. The third-order valence-electron chi connectivity index (χ3n) is 3.10. The second-order valence-electron chi connectivity index (χ2n) is 4.73. The summed E-state index contributed by atoms with van der Waals surface area (Å²) in [5.41, 5.74) is 0. The van der Waals surface area contributed by atoms with E-state index >= 15 is 0 Å². The number of hydrogen-bond acceptors (Lipinski definition) is 2. The Kier molecular flexibility index (Phi) is 4.61. The molecule has 3 aromatic carbocycles. The molecular weight excluding hydrogens is 356 g/mol. The Bertz CT molecular complexity index is 663. The van der Waals surface area contributed by atoms with Crippen molar-refractivity contribution in [2.75, 3.05) is 0 Å². The minimum Gasteiger partial charge on any atom is -0.501 e. The standard InChI is InChI=1S/C18H15BrO2Si/c19-22(18-14-8-3-9-15-18,20-16-10-4-1-5-11-16)21-17-12-6-2-7-13-17/h1-15H. The van der Waals surface area contributed by atoms with Crippen molar-refractivity contribution in [3.05, 3.63) is 91.0 Å². The molecule has 0 amide bonds. The maximum absolute atomic E-state index is 6.23. The first kappa shape index (κ1) is 14.9. The third kappa shape index (κ3) is 3.58. The molecule has 0 aromatic heterocycles. The van der Waals surface area contributed by atoms with Crippen molar-refractivity contribution in [2.24, 2.45) is 0 Å². The van der Waals surface area contributed by atoms with Gasteiger partial charge in [-0.05, 0) is 39.6 Å². The second-order valence-corrected chi connectivity index (χ2v) is 9.92. The van der Waals surface area contributed by atoms with Crippen LogP contribution in [0, 0.1) is 0 Å². The summed E-state index contributed by atoms with van der Waals surface area (Å²) in [5, 5.41) is 1.02. The molecule has 0 bridgehead atoms. The predicted octanol–water partition coefficient (Wildman–Crippen LogP) is 4.39. The molecule has 0 heterocycles. The van der Waals surface area contributed by atoms with Gasteiger partial charge in [-0.3, -0.25) is 0 Å². The zero-order valence-electron chi connectivity index (χ0n) is 11.9. The zero-order chi connectivity index (χ0) is 15.3. The van der Waals surface area contributed by atoms with E-state index in [2.05, 4.69) is 15.3 Å². The van der Waals surface area contributed by atoms with Crippen molar-refractivity contribution in [3.63, 3.8) is 0 Å². The highest BCUT2D eigenvalue weighted by Crippen LogP contribution is 2.24. The Morgan fingerprint density at radius 3 is 1.32 bits per heavy atom. The van der Waals surface area contributed by atoms with E-state index in [9.17, 15) is 0 Å². The minimum absolute atomic E-state index is 0.783. The van der Waals surface area contributed by atoms with Crippen molar-refractivity contribution in [1.29, 1.82) is 0 Å². The molecule has 0 aliphatic carbocycles. The maximum atomic E-state index is 6.23. The van der Waals surface area contributed by atoms with E-state index in [1.54, 1.807) is 0 Å². The molecule has 0 N–H and O–H groups in total. The van der Waals surface area contributed by atoms with Crippen LogP contribution in [0.15, 0.2) is 91.0 Å². The molecule has 0 spiro atoms. The van der Waals surface area contributed by atoms with Crippen LogP contribution in [0.1, 0.15) is 0 Å². The molecule has 0 aliphatic heterocycles. The van der Waals surface area contributed by atoms with Gasteiger partial charge in [0, 0.05) is 5.19 Å². The lowest BCUT2D eigenvalue weighted by molar-refractivity contribution is 0.431. The van der Waals surface area contributed by atoms with Crippen molar-refractivity contribution >= 4 is 27.7 Å². The van der Waals surface area contributed by atoms with E-state index in [0.29, 0.717) is 0 Å². The zero-order valence-corrected chi connectivity index (χ0v) is 14.4. The topological polar surface area (TPSA) is 18.5 Å². The van der Waals surface area contributed by atoms with Crippen molar-refractivity contribution in [1.82, 2.24) is 0 Å². The summed E-state index contributed by atoms with van der Waals surface area (Å²) in [7, 11) is -2.79. The molecule has 3 rings (SSSR count). The fourth-order valence-corrected chi connectivity index (χ4v) is 5.72. The summed E-state index contributed by atoms with van der Waals surface area (Å²) >= 11 is 3.76. The van der Waals surface area contributed by atoms with E-state index in [4.69, 9.17) is 8.85 Å². The summed E-state index contributed by atoms with van der Waals surface area (Å²) in [5.74, 6) is 1.57. The second kappa shape index (κ2) is 6.81. The van der Waals surface area contributed by atoms with Gasteiger partial charge in [-0.1, -0.05) is 66.7 Å². The highest BCUT2D eigenvalue weighted by molar-refractivity contribution is 9.26. The molecule has 0 saturated heterocycles. The lowest BCUT2D eigenvalue weighted by atomic mass is 10.3. The van der Waals surface area contributed by atoms with Crippen LogP contribution in [0.2, 0.25) is 0 Å². The largest absolute Gasteiger partial charge is 0.573 e. The molecule has 0 fully saturated rings. The first-order valence-electron chi connectivity index (χ1n) is 6.99. The molecular formula is C18H15BrO2Si. The Morgan fingerprint density at radius 1 is 0.545 bits per heavy atom. The summed E-state index contributed by atoms with van der Waals surface area (Å²) in [6, 6.07) is 29.4. The maximum Gasteiger partial charge on any atom is 0.573 e. The van der Waals surface area contributed by atoms with Gasteiger partial charge in [-0.15, -0.1) is 0 Å². The summed E-state index contributed by atoms with van der Waals surface area (Å²) in [4.78, 5) is 0. The fraction of sp³-hybridized carbons (Fsp3) is 0. The van der Waals surface area contributed by atoms with E-state index in [-0.39, 0.29) is 0 Å². The Labute approximate surface area is 139 Å². The van der Waals surface area contributed by atoms with Crippen LogP contribution < -0.4 is 14.0 Å². The molecule has 2 nitrogen and oxygen atoms in total. The van der Waals surface area contributed by atoms with Crippen molar-refractivity contribution < 1.29 is 8.85 Å². The first-order valence-corrected chi connectivity index (χ1v) is 11.1. The Balaban J connectivity index is 1.95. The number of halogens is 1. The number of benzene rings is 3. The number of hydrogen-bond donors (Lipinski definition) is 0. The monoisotopic (exact) mass is 370 g/mol. The van der Waals surface area contributed by atoms with Gasteiger partial charge in [0.2, 0.25) is 0 Å². The minimum atomic E-state index is -2.79. The molecule has 0 saturated carbocycles. The van der Waals surface area contributed by atoms with Crippen LogP contribution >= 0.6 is 15.3 Å². The van der Waals surface area contributed by atoms with Gasteiger partial charge in [0.05, 0.1) is 0 Å². The highest BCUT2D eigenvalue weighted by atomic mass is 79.9. The molecule has 0 radical (unpaired) electrons. The van der Waals surface area contributed by atoms with Crippen LogP contribution in [-0.2, 0) is 0 Å². The molecule has 110 valence electrons. The van der Waals surface area contributed by atoms with Gasteiger partial charge in [-0.2, -0.15) is 0 Å². The van der Waals surface area contributed by atoms with E-state index in [1.165, 1.54) is 0 Å². The van der Waals surface area contributed by atoms with Crippen LogP contribution in [0.25, 0.3) is 0 Å². The summed E-state index contributed by atoms with van der Waals surface area (Å²) in [6.45, 7) is 0. The van der Waals surface area contributed by atoms with Crippen molar-refractivity contribution in [2.45, 2.75) is 0 Å². The summed E-state index contributed by atoms with van der Waals surface area (Å²) < 4.78 is 12.5. The predicted molar refractivity (Wildman–Crippen MR) is 94.9 cm³/mol. The van der Waals surface area contributed by atoms with Gasteiger partial charge in [0.15, 0.2) is 0 Å². The van der Waals surface area contributed by atoms with E-state index in [1.807, 2.05) is 91.0 Å². The smallest absolute Gasteiger partial charge is 0.501 e. The van der Waals surface area contributed by atoms with Crippen LogP contribution in [0.3, 0.4) is 0 Å².